The molecule has 0 aromatic carbocycles. The third kappa shape index (κ3) is 9.77. The third-order valence-corrected chi connectivity index (χ3v) is 3.24. The quantitative estimate of drug-likeness (QED) is 0.175. The Hall–Kier alpha value is -2.17. The molecule has 0 rings (SSSR count). The largest absolute Gasteiger partial charge is 0.481 e. The van der Waals surface area contributed by atoms with E-state index in [-0.39, 0.29) is 31.6 Å². The first-order valence-electron chi connectivity index (χ1n) is 7.40. The second-order valence-corrected chi connectivity index (χ2v) is 5.28. The molecule has 2 atom stereocenters. The van der Waals surface area contributed by atoms with Crippen molar-refractivity contribution >= 4 is 29.2 Å². The molecule has 24 heavy (non-hydrogen) atoms. The maximum absolute atomic E-state index is 11.8. The second-order valence-electron chi connectivity index (χ2n) is 5.28. The van der Waals surface area contributed by atoms with Gasteiger partial charge < -0.3 is 16.2 Å². The highest BCUT2D eigenvalue weighted by molar-refractivity contribution is 6.02. The van der Waals surface area contributed by atoms with Gasteiger partial charge >= 0.3 is 5.97 Å². The number of amides is 1. The number of hydrogen-bond donors (Lipinski definition) is 5. The van der Waals surface area contributed by atoms with E-state index in [0.717, 1.165) is 0 Å². The molecular weight excluding hydrogens is 320 g/mol. The van der Waals surface area contributed by atoms with Gasteiger partial charge in [0.15, 0.2) is 17.3 Å². The van der Waals surface area contributed by atoms with Gasteiger partial charge in [-0.25, -0.2) is 10.9 Å². The summed E-state index contributed by atoms with van der Waals surface area (Å²) in [5.41, 5.74) is 10.00. The zero-order valence-electron chi connectivity index (χ0n) is 13.8. The van der Waals surface area contributed by atoms with Crippen molar-refractivity contribution < 1.29 is 29.1 Å². The van der Waals surface area contributed by atoms with E-state index in [0.29, 0.717) is 0 Å². The van der Waals surface area contributed by atoms with Crippen LogP contribution in [0.1, 0.15) is 32.6 Å². The first-order valence-corrected chi connectivity index (χ1v) is 7.40. The Balaban J connectivity index is 4.41. The standard InChI is InChI=1S/C14H24N4O6/c1-8(16-2)11(20)5-9(19)7-17-18-10(3-4-13(15)22)12(21)6-14(23)24/h8,10,16-18H,3-7H2,1-2H3,(H2,15,22)(H,23,24)/t8-,10-/m0/s1. The highest BCUT2D eigenvalue weighted by Crippen LogP contribution is 2.01. The average molecular weight is 344 g/mol. The number of likely N-dealkylation sites (N-methyl/N-ethyl adjacent to an activating group) is 1. The molecule has 0 bridgehead atoms. The van der Waals surface area contributed by atoms with Gasteiger partial charge in [-0.1, -0.05) is 0 Å². The number of carbonyl (C=O) groups excluding carboxylic acids is 4. The van der Waals surface area contributed by atoms with E-state index >= 15 is 0 Å². The Morgan fingerprint density at radius 3 is 2.21 bits per heavy atom. The van der Waals surface area contributed by atoms with Crippen molar-refractivity contribution in [2.24, 2.45) is 5.73 Å². The smallest absolute Gasteiger partial charge is 0.310 e. The number of Topliss-reactive ketones (excluding diaryl/α,β-unsaturated/α-hetero) is 3. The molecule has 0 aromatic rings. The van der Waals surface area contributed by atoms with Gasteiger partial charge in [-0.05, 0) is 20.4 Å². The molecule has 1 amide bonds. The van der Waals surface area contributed by atoms with Gasteiger partial charge in [-0.2, -0.15) is 0 Å². The number of hydrogen-bond acceptors (Lipinski definition) is 8. The van der Waals surface area contributed by atoms with Crippen molar-refractivity contribution in [3.05, 3.63) is 0 Å². The molecule has 0 saturated heterocycles. The minimum Gasteiger partial charge on any atom is -0.481 e. The first-order chi connectivity index (χ1) is 11.2. The van der Waals surface area contributed by atoms with E-state index < -0.39 is 41.9 Å². The summed E-state index contributed by atoms with van der Waals surface area (Å²) in [6.07, 6.45) is -1.11. The molecule has 0 unspecified atom stereocenters. The highest BCUT2D eigenvalue weighted by atomic mass is 16.4. The lowest BCUT2D eigenvalue weighted by atomic mass is 10.0. The molecule has 10 nitrogen and oxygen atoms in total. The van der Waals surface area contributed by atoms with Crippen molar-refractivity contribution in [1.29, 1.82) is 0 Å². The van der Waals surface area contributed by atoms with Crippen molar-refractivity contribution in [1.82, 2.24) is 16.2 Å². The van der Waals surface area contributed by atoms with Crippen LogP contribution < -0.4 is 21.9 Å². The van der Waals surface area contributed by atoms with Gasteiger partial charge in [0, 0.05) is 6.42 Å². The molecule has 0 spiro atoms. The van der Waals surface area contributed by atoms with Crippen LogP contribution >= 0.6 is 0 Å². The van der Waals surface area contributed by atoms with E-state index in [1.165, 1.54) is 0 Å². The van der Waals surface area contributed by atoms with E-state index in [1.807, 2.05) is 0 Å². The second kappa shape index (κ2) is 11.4. The Labute approximate surface area is 139 Å². The zero-order valence-corrected chi connectivity index (χ0v) is 13.8. The summed E-state index contributed by atoms with van der Waals surface area (Å²) >= 11 is 0. The van der Waals surface area contributed by atoms with Crippen LogP contribution in [-0.4, -0.2) is 60.0 Å². The number of aliphatic carboxylic acids is 1. The molecular formula is C14H24N4O6. The van der Waals surface area contributed by atoms with Gasteiger partial charge in [0.1, 0.15) is 6.42 Å². The van der Waals surface area contributed by atoms with Gasteiger partial charge in [0.05, 0.1) is 25.0 Å². The molecule has 0 aliphatic carbocycles. The Morgan fingerprint density at radius 1 is 1.08 bits per heavy atom. The molecule has 0 aliphatic rings. The number of nitrogens with one attached hydrogen (secondary N) is 3. The summed E-state index contributed by atoms with van der Waals surface area (Å²) in [4.78, 5) is 56.4. The Morgan fingerprint density at radius 2 is 1.71 bits per heavy atom. The lowest BCUT2D eigenvalue weighted by Crippen LogP contribution is -2.48. The van der Waals surface area contributed by atoms with Crippen LogP contribution in [0.15, 0.2) is 0 Å². The Bertz CT molecular complexity index is 494. The fourth-order valence-electron chi connectivity index (χ4n) is 1.72. The number of carbonyl (C=O) groups is 5. The lowest BCUT2D eigenvalue weighted by molar-refractivity contribution is -0.141. The fraction of sp³-hybridized carbons (Fsp3) is 0.643. The minimum atomic E-state index is -1.30. The van der Waals surface area contributed by atoms with Crippen molar-refractivity contribution in [3.8, 4) is 0 Å². The highest BCUT2D eigenvalue weighted by Gasteiger charge is 2.21. The molecule has 0 aliphatic heterocycles. The number of carboxylic acids is 1. The number of rotatable bonds is 14. The van der Waals surface area contributed by atoms with Crippen LogP contribution in [0.3, 0.4) is 0 Å². The van der Waals surface area contributed by atoms with Crippen LogP contribution in [0.5, 0.6) is 0 Å². The fourth-order valence-corrected chi connectivity index (χ4v) is 1.72. The summed E-state index contributed by atoms with van der Waals surface area (Å²) in [6, 6.07) is -1.42. The molecule has 0 fully saturated rings. The first kappa shape index (κ1) is 21.8. The van der Waals surface area contributed by atoms with Gasteiger partial charge in [0.25, 0.3) is 0 Å². The molecule has 10 heteroatoms. The van der Waals surface area contributed by atoms with E-state index in [1.54, 1.807) is 14.0 Å². The minimum absolute atomic E-state index is 0.00163. The predicted octanol–water partition coefficient (Wildman–Crippen LogP) is -2.11. The van der Waals surface area contributed by atoms with E-state index in [4.69, 9.17) is 10.8 Å². The van der Waals surface area contributed by atoms with E-state index in [2.05, 4.69) is 16.2 Å². The molecule has 0 heterocycles. The van der Waals surface area contributed by atoms with Crippen LogP contribution in [-0.2, 0) is 24.0 Å². The number of ketones is 3. The number of carboxylic acid groups (broad SMARTS) is 1. The summed E-state index contributed by atoms with van der Waals surface area (Å²) in [5, 5.41) is 11.4. The van der Waals surface area contributed by atoms with Crippen LogP contribution in [0.2, 0.25) is 0 Å². The van der Waals surface area contributed by atoms with Crippen LogP contribution in [0, 0.1) is 0 Å². The molecule has 0 radical (unpaired) electrons. The topological polar surface area (TPSA) is 168 Å². The summed E-state index contributed by atoms with van der Waals surface area (Å²) in [7, 11) is 1.60. The van der Waals surface area contributed by atoms with Gasteiger partial charge in [0.2, 0.25) is 5.91 Å². The lowest BCUT2D eigenvalue weighted by Gasteiger charge is -2.17. The number of nitrogens with two attached hydrogens (primary N) is 1. The van der Waals surface area contributed by atoms with Crippen molar-refractivity contribution in [2.75, 3.05) is 13.6 Å². The van der Waals surface area contributed by atoms with Crippen molar-refractivity contribution in [2.45, 2.75) is 44.7 Å². The Kier molecular flexibility index (Phi) is 10.3. The predicted molar refractivity (Wildman–Crippen MR) is 83.8 cm³/mol. The molecule has 0 saturated carbocycles. The van der Waals surface area contributed by atoms with Crippen LogP contribution in [0.25, 0.3) is 0 Å². The van der Waals surface area contributed by atoms with Gasteiger partial charge in [-0.3, -0.25) is 24.0 Å². The molecule has 136 valence electrons. The summed E-state index contributed by atoms with van der Waals surface area (Å²) in [6.45, 7) is 1.40. The summed E-state index contributed by atoms with van der Waals surface area (Å²) in [5.74, 6) is -3.24. The maximum atomic E-state index is 11.8. The number of primary amides is 1. The maximum Gasteiger partial charge on any atom is 0.310 e. The summed E-state index contributed by atoms with van der Waals surface area (Å²) < 4.78 is 0. The van der Waals surface area contributed by atoms with E-state index in [9.17, 15) is 24.0 Å². The zero-order chi connectivity index (χ0) is 18.7. The average Bonchev–Trinajstić information content (AvgIpc) is 2.48. The van der Waals surface area contributed by atoms with Crippen LogP contribution in [0.4, 0.5) is 0 Å². The van der Waals surface area contributed by atoms with Gasteiger partial charge in [-0.15, -0.1) is 0 Å². The van der Waals surface area contributed by atoms with Crippen molar-refractivity contribution in [3.63, 3.8) is 0 Å². The third-order valence-electron chi connectivity index (χ3n) is 3.24. The normalized spacial score (nSPS) is 13.1. The number of hydrazine groups is 1. The SMILES string of the molecule is CN[C@@H](C)C(=O)CC(=O)CNN[C@@H](CCC(N)=O)C(=O)CC(=O)O. The monoisotopic (exact) mass is 344 g/mol. The molecule has 6 N–H and O–H groups in total. The molecule has 0 aromatic heterocycles.